The molecule has 1 atom stereocenters. The summed E-state index contributed by atoms with van der Waals surface area (Å²) in [4.78, 5) is 1.29. The molecule has 0 radical (unpaired) electrons. The lowest BCUT2D eigenvalue weighted by molar-refractivity contribution is 1.15. The van der Waals surface area contributed by atoms with Crippen molar-refractivity contribution in [1.82, 2.24) is 0 Å². The smallest absolute Gasteiger partial charge is 0.00152 e. The van der Waals surface area contributed by atoms with Crippen LogP contribution in [0.3, 0.4) is 0 Å². The van der Waals surface area contributed by atoms with Gasteiger partial charge in [0.05, 0.1) is 0 Å². The molecule has 0 saturated carbocycles. The topological polar surface area (TPSA) is 0 Å². The van der Waals surface area contributed by atoms with Crippen molar-refractivity contribution in [2.75, 3.05) is 6.26 Å². The third-order valence-corrected chi connectivity index (χ3v) is 9.12. The van der Waals surface area contributed by atoms with Gasteiger partial charge in [0.2, 0.25) is 0 Å². The molecule has 0 heterocycles. The Hall–Kier alpha value is -4.20. The molecule has 1 heteroatoms. The van der Waals surface area contributed by atoms with Crippen molar-refractivity contribution < 1.29 is 0 Å². The van der Waals surface area contributed by atoms with Gasteiger partial charge in [-0.3, -0.25) is 0 Å². The van der Waals surface area contributed by atoms with E-state index < -0.39 is 0 Å². The maximum atomic E-state index is 4.39. The van der Waals surface area contributed by atoms with Gasteiger partial charge in [0, 0.05) is 4.90 Å². The van der Waals surface area contributed by atoms with Crippen LogP contribution >= 0.6 is 10.5 Å². The largest absolute Gasteiger partial charge is 0.165 e. The second kappa shape index (κ2) is 9.52. The number of fused-ring (bicyclic) bond motifs is 4. The fraction of sp³-hybridized carbons (Fsp3) is 0.0789. The summed E-state index contributed by atoms with van der Waals surface area (Å²) in [6.07, 6.45) is 3.21. The lowest BCUT2D eigenvalue weighted by Gasteiger charge is -2.20. The first kappa shape index (κ1) is 23.9. The van der Waals surface area contributed by atoms with Crippen LogP contribution in [0.4, 0.5) is 0 Å². The number of rotatable bonds is 4. The molecule has 1 unspecified atom stereocenters. The van der Waals surface area contributed by atoms with Crippen LogP contribution in [0.5, 0.6) is 0 Å². The van der Waals surface area contributed by atoms with Gasteiger partial charge in [-0.15, -0.1) is 0 Å². The lowest BCUT2D eigenvalue weighted by atomic mass is 9.83. The Morgan fingerprint density at radius 3 is 2.05 bits per heavy atom. The minimum Gasteiger partial charge on any atom is -0.165 e. The molecule has 0 amide bonds. The lowest BCUT2D eigenvalue weighted by Crippen LogP contribution is -1.94. The minimum atomic E-state index is -0.0841. The fourth-order valence-electron chi connectivity index (χ4n) is 6.08. The van der Waals surface area contributed by atoms with E-state index in [9.17, 15) is 0 Å². The van der Waals surface area contributed by atoms with Crippen LogP contribution in [-0.4, -0.2) is 12.1 Å². The summed E-state index contributed by atoms with van der Waals surface area (Å²) >= 11 is 0. The average molecular weight is 519 g/mol. The summed E-state index contributed by atoms with van der Waals surface area (Å²) < 4.78 is 0. The molecule has 0 bridgehead atoms. The Balaban J connectivity index is 1.70. The maximum Gasteiger partial charge on any atom is 0.00152 e. The quantitative estimate of drug-likeness (QED) is 0.161. The van der Waals surface area contributed by atoms with Crippen molar-refractivity contribution in [3.8, 4) is 22.3 Å². The molecule has 7 aromatic rings. The van der Waals surface area contributed by atoms with Crippen molar-refractivity contribution in [2.45, 2.75) is 18.2 Å². The minimum absolute atomic E-state index is 0.0841. The molecular weight excluding hydrogens is 488 g/mol. The molecule has 0 saturated heterocycles. The highest BCUT2D eigenvalue weighted by Crippen LogP contribution is 2.47. The summed E-state index contributed by atoms with van der Waals surface area (Å²) in [6, 6.07) is 45.2. The third kappa shape index (κ3) is 3.97. The van der Waals surface area contributed by atoms with Gasteiger partial charge in [0.1, 0.15) is 0 Å². The molecule has 0 aliphatic heterocycles. The molecule has 7 aromatic carbocycles. The standard InChI is InChI=1S/C38H30S/c1-4-25-16-20-33-35(22-25)38(32-15-9-13-27-11-7-8-14-31(27)32)34-21-19-30(39(2)3)24-36(34)37(33)29-18-17-26-10-5-6-12-28(26)23-29/h5-24H,2,4H2,1,3H3. The molecule has 39 heavy (non-hydrogen) atoms. The van der Waals surface area contributed by atoms with Gasteiger partial charge in [0.25, 0.3) is 0 Å². The van der Waals surface area contributed by atoms with E-state index >= 15 is 0 Å². The predicted octanol–water partition coefficient (Wildman–Crippen LogP) is 10.9. The first-order valence-corrected chi connectivity index (χ1v) is 15.4. The molecule has 188 valence electrons. The van der Waals surface area contributed by atoms with Gasteiger partial charge >= 0.3 is 0 Å². The zero-order valence-corrected chi connectivity index (χ0v) is 23.2. The predicted molar refractivity (Wildman–Crippen MR) is 176 cm³/mol. The molecule has 0 fully saturated rings. The summed E-state index contributed by atoms with van der Waals surface area (Å²) in [6.45, 7) is 2.24. The van der Waals surface area contributed by atoms with E-state index in [1.165, 1.54) is 75.8 Å². The molecule has 0 aromatic heterocycles. The monoisotopic (exact) mass is 518 g/mol. The first-order valence-electron chi connectivity index (χ1n) is 13.6. The summed E-state index contributed by atoms with van der Waals surface area (Å²) in [5, 5.41) is 10.3. The van der Waals surface area contributed by atoms with E-state index in [0.717, 1.165) is 6.42 Å². The molecule has 0 aliphatic carbocycles. The van der Waals surface area contributed by atoms with Crippen LogP contribution in [0, 0.1) is 0 Å². The highest BCUT2D eigenvalue weighted by Gasteiger charge is 2.19. The van der Waals surface area contributed by atoms with E-state index in [1.54, 1.807) is 0 Å². The number of hydrogen-bond acceptors (Lipinski definition) is 0. The second-order valence-electron chi connectivity index (χ2n) is 10.4. The molecular formula is C38H30S. The van der Waals surface area contributed by atoms with Crippen molar-refractivity contribution in [3.05, 3.63) is 127 Å². The van der Waals surface area contributed by atoms with E-state index in [4.69, 9.17) is 0 Å². The third-order valence-electron chi connectivity index (χ3n) is 8.06. The Bertz CT molecular complexity index is 2070. The Labute approximate surface area is 232 Å². The van der Waals surface area contributed by atoms with Gasteiger partial charge in [-0.25, -0.2) is 0 Å². The summed E-state index contributed by atoms with van der Waals surface area (Å²) in [7, 11) is -0.0841. The molecule has 0 aliphatic rings. The van der Waals surface area contributed by atoms with Crippen molar-refractivity contribution in [1.29, 1.82) is 0 Å². The fourth-order valence-corrected chi connectivity index (χ4v) is 6.70. The van der Waals surface area contributed by atoms with Gasteiger partial charge in [-0.2, -0.15) is 10.5 Å². The molecule has 0 spiro atoms. The van der Waals surface area contributed by atoms with Crippen LogP contribution in [0.15, 0.2) is 126 Å². The Morgan fingerprint density at radius 2 is 1.23 bits per heavy atom. The Kier molecular flexibility index (Phi) is 5.83. The summed E-state index contributed by atoms with van der Waals surface area (Å²) in [5.74, 6) is 4.39. The van der Waals surface area contributed by atoms with E-state index in [1.807, 2.05) is 0 Å². The van der Waals surface area contributed by atoms with Crippen LogP contribution in [0.25, 0.3) is 65.3 Å². The first-order chi connectivity index (χ1) is 19.1. The SMILES string of the molecule is C=S(C)c1ccc2c(-c3cccc4ccccc34)c3cc(CC)ccc3c(-c3ccc4ccccc4c3)c2c1. The highest BCUT2D eigenvalue weighted by atomic mass is 32.2. The zero-order valence-electron chi connectivity index (χ0n) is 22.4. The Morgan fingerprint density at radius 1 is 0.538 bits per heavy atom. The maximum absolute atomic E-state index is 4.39. The second-order valence-corrected chi connectivity index (χ2v) is 12.2. The summed E-state index contributed by atoms with van der Waals surface area (Å²) in [5.41, 5.74) is 6.54. The normalized spacial score (nSPS) is 12.5. The van der Waals surface area contributed by atoms with Gasteiger partial charge in [-0.1, -0.05) is 116 Å². The molecule has 0 nitrogen and oxygen atoms in total. The zero-order chi connectivity index (χ0) is 26.5. The molecule has 0 N–H and O–H groups in total. The van der Waals surface area contributed by atoms with Gasteiger partial charge in [0.15, 0.2) is 0 Å². The van der Waals surface area contributed by atoms with Crippen molar-refractivity contribution in [3.63, 3.8) is 0 Å². The van der Waals surface area contributed by atoms with Crippen LogP contribution < -0.4 is 0 Å². The number of aryl methyl sites for hydroxylation is 1. The van der Waals surface area contributed by atoms with Gasteiger partial charge < -0.3 is 0 Å². The van der Waals surface area contributed by atoms with E-state index in [2.05, 4.69) is 140 Å². The van der Waals surface area contributed by atoms with Crippen LogP contribution in [-0.2, 0) is 6.42 Å². The van der Waals surface area contributed by atoms with Crippen LogP contribution in [0.2, 0.25) is 0 Å². The highest BCUT2D eigenvalue weighted by molar-refractivity contribution is 8.13. The van der Waals surface area contributed by atoms with Gasteiger partial charge in [-0.05, 0) is 102 Å². The molecule has 7 rings (SSSR count). The average Bonchev–Trinajstić information content (AvgIpc) is 2.98. The van der Waals surface area contributed by atoms with Crippen LogP contribution in [0.1, 0.15) is 12.5 Å². The van der Waals surface area contributed by atoms with E-state index in [0.29, 0.717) is 0 Å². The number of hydrogen-bond donors (Lipinski definition) is 0. The number of benzene rings is 7. The van der Waals surface area contributed by atoms with E-state index in [-0.39, 0.29) is 10.5 Å². The van der Waals surface area contributed by atoms with Crippen molar-refractivity contribution in [2.24, 2.45) is 0 Å². The van der Waals surface area contributed by atoms with Crippen molar-refractivity contribution >= 4 is 59.4 Å².